The lowest BCUT2D eigenvalue weighted by Crippen LogP contribution is -2.01. The van der Waals surface area contributed by atoms with Gasteiger partial charge in [-0.05, 0) is 49.6 Å². The maximum absolute atomic E-state index is 12.5. The smallest absolute Gasteiger partial charge is 0.352 e. The standard InChI is InChI=1S/C20H23NO5/c1-5-10-26-16-9-7-14(11-17(16)25-4)6-8-15(22)18-12(2)19(20(23)24)21-13(18)3/h6-9,11,21H,5,10H2,1-4H3,(H,23,24)/b8-6+. The lowest BCUT2D eigenvalue weighted by atomic mass is 10.0. The minimum Gasteiger partial charge on any atom is -0.493 e. The van der Waals surface area contributed by atoms with Gasteiger partial charge in [0.2, 0.25) is 0 Å². The van der Waals surface area contributed by atoms with Gasteiger partial charge in [0.25, 0.3) is 0 Å². The van der Waals surface area contributed by atoms with Crippen LogP contribution >= 0.6 is 0 Å². The molecule has 26 heavy (non-hydrogen) atoms. The number of rotatable bonds is 8. The topological polar surface area (TPSA) is 88.6 Å². The zero-order chi connectivity index (χ0) is 19.3. The van der Waals surface area contributed by atoms with Crippen LogP contribution in [-0.4, -0.2) is 35.6 Å². The van der Waals surface area contributed by atoms with Gasteiger partial charge >= 0.3 is 5.97 Å². The Hall–Kier alpha value is -3.02. The Morgan fingerprint density at radius 1 is 1.23 bits per heavy atom. The zero-order valence-corrected chi connectivity index (χ0v) is 15.4. The summed E-state index contributed by atoms with van der Waals surface area (Å²) >= 11 is 0. The Bertz CT molecular complexity index is 848. The van der Waals surface area contributed by atoms with Crippen molar-refractivity contribution in [2.75, 3.05) is 13.7 Å². The summed E-state index contributed by atoms with van der Waals surface area (Å²) in [6, 6.07) is 5.42. The van der Waals surface area contributed by atoms with Gasteiger partial charge < -0.3 is 19.6 Å². The summed E-state index contributed by atoms with van der Waals surface area (Å²) in [6.45, 7) is 5.93. The number of nitrogens with one attached hydrogen (secondary N) is 1. The number of hydrogen-bond acceptors (Lipinski definition) is 4. The summed E-state index contributed by atoms with van der Waals surface area (Å²) in [5, 5.41) is 9.15. The molecule has 0 atom stereocenters. The highest BCUT2D eigenvalue weighted by atomic mass is 16.5. The number of ketones is 1. The first kappa shape index (κ1) is 19.3. The van der Waals surface area contributed by atoms with Crippen LogP contribution in [0.1, 0.15) is 51.0 Å². The van der Waals surface area contributed by atoms with Crippen molar-refractivity contribution in [1.29, 1.82) is 0 Å². The van der Waals surface area contributed by atoms with Crippen LogP contribution in [0.25, 0.3) is 6.08 Å². The van der Waals surface area contributed by atoms with E-state index in [1.54, 1.807) is 39.2 Å². The van der Waals surface area contributed by atoms with E-state index in [4.69, 9.17) is 14.6 Å². The first-order valence-electron chi connectivity index (χ1n) is 8.34. The van der Waals surface area contributed by atoms with Crippen molar-refractivity contribution in [1.82, 2.24) is 4.98 Å². The van der Waals surface area contributed by atoms with Gasteiger partial charge in [0.1, 0.15) is 5.69 Å². The number of carboxylic acids is 1. The van der Waals surface area contributed by atoms with Crippen molar-refractivity contribution in [3.05, 3.63) is 52.4 Å². The molecule has 0 aliphatic heterocycles. The fraction of sp³-hybridized carbons (Fsp3) is 0.300. The first-order valence-corrected chi connectivity index (χ1v) is 8.34. The summed E-state index contributed by atoms with van der Waals surface area (Å²) in [5.41, 5.74) is 2.18. The molecule has 1 heterocycles. The van der Waals surface area contributed by atoms with Gasteiger partial charge in [-0.2, -0.15) is 0 Å². The number of ether oxygens (including phenoxy) is 2. The fourth-order valence-electron chi connectivity index (χ4n) is 2.71. The van der Waals surface area contributed by atoms with E-state index in [1.807, 2.05) is 13.0 Å². The Morgan fingerprint density at radius 2 is 1.96 bits per heavy atom. The van der Waals surface area contributed by atoms with Crippen molar-refractivity contribution in [2.24, 2.45) is 0 Å². The minimum absolute atomic E-state index is 0.0401. The number of carbonyl (C=O) groups excluding carboxylic acids is 1. The third-order valence-electron chi connectivity index (χ3n) is 3.97. The molecule has 0 aliphatic carbocycles. The number of aromatic carboxylic acids is 1. The van der Waals surface area contributed by atoms with Crippen molar-refractivity contribution in [2.45, 2.75) is 27.2 Å². The Labute approximate surface area is 152 Å². The highest BCUT2D eigenvalue weighted by Gasteiger charge is 2.20. The molecule has 0 aliphatic rings. The fourth-order valence-corrected chi connectivity index (χ4v) is 2.71. The Balaban J connectivity index is 2.24. The van der Waals surface area contributed by atoms with Crippen LogP contribution in [0.3, 0.4) is 0 Å². The molecule has 138 valence electrons. The van der Waals surface area contributed by atoms with E-state index in [9.17, 15) is 9.59 Å². The Morgan fingerprint density at radius 3 is 2.54 bits per heavy atom. The molecule has 2 N–H and O–H groups in total. The largest absolute Gasteiger partial charge is 0.493 e. The second kappa shape index (κ2) is 8.38. The Kier molecular flexibility index (Phi) is 6.22. The van der Waals surface area contributed by atoms with Gasteiger partial charge in [0.05, 0.1) is 13.7 Å². The second-order valence-corrected chi connectivity index (χ2v) is 5.89. The van der Waals surface area contributed by atoms with Crippen molar-refractivity contribution in [3.8, 4) is 11.5 Å². The lowest BCUT2D eigenvalue weighted by Gasteiger charge is -2.10. The molecular weight excluding hydrogens is 334 g/mol. The van der Waals surface area contributed by atoms with Crippen LogP contribution in [0, 0.1) is 13.8 Å². The van der Waals surface area contributed by atoms with E-state index in [-0.39, 0.29) is 11.5 Å². The predicted octanol–water partition coefficient (Wildman–Crippen LogP) is 4.02. The van der Waals surface area contributed by atoms with Crippen LogP contribution in [0.2, 0.25) is 0 Å². The molecule has 1 aromatic heterocycles. The number of aromatic amines is 1. The van der Waals surface area contributed by atoms with Gasteiger partial charge in [-0.25, -0.2) is 4.79 Å². The van der Waals surface area contributed by atoms with E-state index in [2.05, 4.69) is 4.98 Å². The molecule has 6 heteroatoms. The average Bonchev–Trinajstić information content (AvgIpc) is 2.92. The molecule has 2 rings (SSSR count). The van der Waals surface area contributed by atoms with Crippen molar-refractivity contribution >= 4 is 17.8 Å². The third-order valence-corrected chi connectivity index (χ3v) is 3.97. The van der Waals surface area contributed by atoms with E-state index in [0.29, 0.717) is 34.9 Å². The average molecular weight is 357 g/mol. The zero-order valence-electron chi connectivity index (χ0n) is 15.4. The number of aromatic nitrogens is 1. The summed E-state index contributed by atoms with van der Waals surface area (Å²) in [7, 11) is 1.56. The van der Waals surface area contributed by atoms with Gasteiger partial charge in [0, 0.05) is 11.3 Å². The van der Waals surface area contributed by atoms with Crippen LogP contribution in [0.4, 0.5) is 0 Å². The summed E-state index contributed by atoms with van der Waals surface area (Å²) < 4.78 is 10.9. The quantitative estimate of drug-likeness (QED) is 0.550. The van der Waals surface area contributed by atoms with Gasteiger partial charge in [-0.3, -0.25) is 4.79 Å². The molecule has 0 saturated heterocycles. The molecule has 0 spiro atoms. The lowest BCUT2D eigenvalue weighted by molar-refractivity contribution is 0.0690. The SMILES string of the molecule is CCCOc1ccc(/C=C/C(=O)c2c(C)[nH]c(C(=O)O)c2C)cc1OC. The van der Waals surface area contributed by atoms with Gasteiger partial charge in [0.15, 0.2) is 17.3 Å². The molecule has 1 aromatic carbocycles. The second-order valence-electron chi connectivity index (χ2n) is 5.89. The molecule has 0 fully saturated rings. The van der Waals surface area contributed by atoms with E-state index >= 15 is 0 Å². The normalized spacial score (nSPS) is 10.9. The van der Waals surface area contributed by atoms with Gasteiger partial charge in [-0.1, -0.05) is 19.1 Å². The van der Waals surface area contributed by atoms with Crippen molar-refractivity contribution in [3.63, 3.8) is 0 Å². The van der Waals surface area contributed by atoms with E-state index < -0.39 is 5.97 Å². The molecule has 0 saturated carbocycles. The van der Waals surface area contributed by atoms with E-state index in [0.717, 1.165) is 12.0 Å². The number of allylic oxidation sites excluding steroid dienone is 1. The van der Waals surface area contributed by atoms with Crippen LogP contribution in [0.5, 0.6) is 11.5 Å². The highest BCUT2D eigenvalue weighted by Crippen LogP contribution is 2.29. The third kappa shape index (κ3) is 4.14. The highest BCUT2D eigenvalue weighted by molar-refractivity contribution is 6.10. The molecular formula is C20H23NO5. The number of benzene rings is 1. The van der Waals surface area contributed by atoms with Crippen LogP contribution in [-0.2, 0) is 0 Å². The number of aryl methyl sites for hydroxylation is 1. The summed E-state index contributed by atoms with van der Waals surface area (Å²) in [6.07, 6.45) is 3.99. The van der Waals surface area contributed by atoms with E-state index in [1.165, 1.54) is 6.08 Å². The molecule has 0 bridgehead atoms. The van der Waals surface area contributed by atoms with Crippen LogP contribution < -0.4 is 9.47 Å². The maximum atomic E-state index is 12.5. The number of methoxy groups -OCH3 is 1. The molecule has 0 unspecified atom stereocenters. The molecule has 0 radical (unpaired) electrons. The number of carboxylic acid groups (broad SMARTS) is 1. The van der Waals surface area contributed by atoms with Gasteiger partial charge in [-0.15, -0.1) is 0 Å². The predicted molar refractivity (Wildman–Crippen MR) is 99.4 cm³/mol. The van der Waals surface area contributed by atoms with Crippen LogP contribution in [0.15, 0.2) is 24.3 Å². The number of hydrogen-bond donors (Lipinski definition) is 2. The van der Waals surface area contributed by atoms with Crippen molar-refractivity contribution < 1.29 is 24.2 Å². The molecule has 0 amide bonds. The maximum Gasteiger partial charge on any atom is 0.352 e. The number of carbonyl (C=O) groups is 2. The molecule has 6 nitrogen and oxygen atoms in total. The first-order chi connectivity index (χ1) is 12.4. The number of H-pyrrole nitrogens is 1. The molecule has 2 aromatic rings. The monoisotopic (exact) mass is 357 g/mol. The minimum atomic E-state index is -1.08. The summed E-state index contributed by atoms with van der Waals surface area (Å²) in [4.78, 5) is 26.4. The summed E-state index contributed by atoms with van der Waals surface area (Å²) in [5.74, 6) is -0.0912.